The lowest BCUT2D eigenvalue weighted by Gasteiger charge is -2.27. The number of rotatable bonds is 6. The first kappa shape index (κ1) is 19.7. The number of ether oxygens (including phenoxy) is 1. The predicted molar refractivity (Wildman–Crippen MR) is 111 cm³/mol. The summed E-state index contributed by atoms with van der Waals surface area (Å²) < 4.78 is 5.26. The number of anilines is 1. The van der Waals surface area contributed by atoms with Crippen LogP contribution < -0.4 is 5.32 Å². The van der Waals surface area contributed by atoms with E-state index in [4.69, 9.17) is 16.3 Å². The summed E-state index contributed by atoms with van der Waals surface area (Å²) in [7, 11) is 0. The van der Waals surface area contributed by atoms with Gasteiger partial charge in [0.25, 0.3) is 11.6 Å². The molecule has 0 atom stereocenters. The highest BCUT2D eigenvalue weighted by molar-refractivity contribution is 6.30. The maximum Gasteiger partial charge on any atom is 0.293 e. The van der Waals surface area contributed by atoms with Gasteiger partial charge in [0.2, 0.25) is 0 Å². The molecule has 1 saturated carbocycles. The minimum Gasteiger partial charge on any atom is -0.379 e. The van der Waals surface area contributed by atoms with Crippen molar-refractivity contribution in [2.24, 2.45) is 0 Å². The first-order valence-corrected chi connectivity index (χ1v) is 10.0. The first-order chi connectivity index (χ1) is 14.0. The molecule has 2 aromatic rings. The second-order valence-electron chi connectivity index (χ2n) is 7.53. The SMILES string of the molecule is O=C(c1ccc(NCC2(c3ccc(Cl)cc3)CC2)c([N+](=O)[O-])c1)N1CCOCC1. The Balaban J connectivity index is 1.51. The Morgan fingerprint density at radius 2 is 1.86 bits per heavy atom. The average Bonchev–Trinajstić information content (AvgIpc) is 3.54. The van der Waals surface area contributed by atoms with Gasteiger partial charge >= 0.3 is 0 Å². The maximum atomic E-state index is 12.6. The molecule has 7 nitrogen and oxygen atoms in total. The van der Waals surface area contributed by atoms with E-state index in [1.165, 1.54) is 11.6 Å². The molecule has 0 radical (unpaired) electrons. The number of carbonyl (C=O) groups excluding carboxylic acids is 1. The van der Waals surface area contributed by atoms with Gasteiger partial charge in [-0.1, -0.05) is 23.7 Å². The van der Waals surface area contributed by atoms with Crippen molar-refractivity contribution in [1.29, 1.82) is 0 Å². The number of nitrogens with one attached hydrogen (secondary N) is 1. The van der Waals surface area contributed by atoms with E-state index in [1.54, 1.807) is 17.0 Å². The number of nitro benzene ring substituents is 1. The minimum absolute atomic E-state index is 0.0270. The molecule has 1 amide bonds. The normalized spacial score (nSPS) is 17.6. The molecule has 2 aliphatic rings. The van der Waals surface area contributed by atoms with Crippen molar-refractivity contribution in [3.05, 3.63) is 68.7 Å². The van der Waals surface area contributed by atoms with E-state index < -0.39 is 4.92 Å². The molecule has 1 aliphatic heterocycles. The number of halogens is 1. The van der Waals surface area contributed by atoms with Crippen molar-refractivity contribution < 1.29 is 14.5 Å². The van der Waals surface area contributed by atoms with Crippen LogP contribution in [0.1, 0.15) is 28.8 Å². The monoisotopic (exact) mass is 415 g/mol. The summed E-state index contributed by atoms with van der Waals surface area (Å²) in [6.45, 7) is 2.55. The highest BCUT2D eigenvalue weighted by Gasteiger charge is 2.44. The number of benzene rings is 2. The van der Waals surface area contributed by atoms with E-state index in [-0.39, 0.29) is 17.0 Å². The summed E-state index contributed by atoms with van der Waals surface area (Å²) in [5, 5.41) is 15.6. The van der Waals surface area contributed by atoms with Crippen LogP contribution in [-0.4, -0.2) is 48.6 Å². The fourth-order valence-corrected chi connectivity index (χ4v) is 3.83. The number of hydrogen-bond acceptors (Lipinski definition) is 5. The van der Waals surface area contributed by atoms with Crippen molar-refractivity contribution in [2.45, 2.75) is 18.3 Å². The third-order valence-electron chi connectivity index (χ3n) is 5.67. The first-order valence-electron chi connectivity index (χ1n) is 9.64. The second kappa shape index (κ2) is 8.00. The summed E-state index contributed by atoms with van der Waals surface area (Å²) in [6.07, 6.45) is 2.03. The summed E-state index contributed by atoms with van der Waals surface area (Å²) in [5.41, 5.74) is 1.81. The molecular formula is C21H22ClN3O4. The molecule has 0 unspecified atom stereocenters. The lowest BCUT2D eigenvalue weighted by molar-refractivity contribution is -0.384. The maximum absolute atomic E-state index is 12.6. The predicted octanol–water partition coefficient (Wildman–Crippen LogP) is 3.86. The van der Waals surface area contributed by atoms with E-state index in [2.05, 4.69) is 5.32 Å². The van der Waals surface area contributed by atoms with Crippen LogP contribution in [0, 0.1) is 10.1 Å². The Labute approximate surface area is 173 Å². The Kier molecular flexibility index (Phi) is 5.43. The quantitative estimate of drug-likeness (QED) is 0.572. The van der Waals surface area contributed by atoms with E-state index in [1.807, 2.05) is 24.3 Å². The molecule has 2 fully saturated rings. The summed E-state index contributed by atoms with van der Waals surface area (Å²) in [4.78, 5) is 25.5. The smallest absolute Gasteiger partial charge is 0.293 e. The Hall–Kier alpha value is -2.64. The van der Waals surface area contributed by atoms with Crippen molar-refractivity contribution in [2.75, 3.05) is 38.2 Å². The van der Waals surface area contributed by atoms with Gasteiger partial charge in [0, 0.05) is 41.7 Å². The standard InChI is InChI=1S/C21H22ClN3O4/c22-17-4-2-16(3-5-17)21(7-8-21)14-23-18-6-1-15(13-19(18)25(27)28)20(26)24-9-11-29-12-10-24/h1-6,13,23H,7-12,14H2. The molecule has 1 heterocycles. The average molecular weight is 416 g/mol. The molecular weight excluding hydrogens is 394 g/mol. The van der Waals surface area contributed by atoms with E-state index in [0.29, 0.717) is 49.1 Å². The van der Waals surface area contributed by atoms with Crippen molar-refractivity contribution in [3.8, 4) is 0 Å². The van der Waals surface area contributed by atoms with E-state index in [0.717, 1.165) is 12.8 Å². The van der Waals surface area contributed by atoms with Crippen LogP contribution in [0.3, 0.4) is 0 Å². The summed E-state index contributed by atoms with van der Waals surface area (Å²) >= 11 is 5.98. The molecule has 1 saturated heterocycles. The van der Waals surface area contributed by atoms with Gasteiger partial charge in [-0.25, -0.2) is 0 Å². The van der Waals surface area contributed by atoms with Crippen molar-refractivity contribution >= 4 is 28.9 Å². The number of nitro groups is 1. The lowest BCUT2D eigenvalue weighted by atomic mass is 9.96. The van der Waals surface area contributed by atoms with E-state index >= 15 is 0 Å². The topological polar surface area (TPSA) is 84.7 Å². The van der Waals surface area contributed by atoms with Crippen molar-refractivity contribution in [3.63, 3.8) is 0 Å². The van der Waals surface area contributed by atoms with Crippen LogP contribution in [0.4, 0.5) is 11.4 Å². The molecule has 0 bridgehead atoms. The zero-order valence-electron chi connectivity index (χ0n) is 15.9. The molecule has 0 aromatic heterocycles. The van der Waals surface area contributed by atoms with Gasteiger partial charge in [0.1, 0.15) is 5.69 Å². The number of amides is 1. The molecule has 8 heteroatoms. The number of morpholine rings is 1. The van der Waals surface area contributed by atoms with Gasteiger partial charge in [0.15, 0.2) is 0 Å². The molecule has 4 rings (SSSR count). The molecule has 1 aliphatic carbocycles. The Morgan fingerprint density at radius 3 is 2.48 bits per heavy atom. The summed E-state index contributed by atoms with van der Waals surface area (Å²) in [6, 6.07) is 12.4. The van der Waals surface area contributed by atoms with Crippen LogP contribution in [-0.2, 0) is 10.2 Å². The fourth-order valence-electron chi connectivity index (χ4n) is 3.70. The molecule has 0 spiro atoms. The minimum atomic E-state index is -0.444. The van der Waals surface area contributed by atoms with Crippen LogP contribution in [0.2, 0.25) is 5.02 Å². The van der Waals surface area contributed by atoms with Crippen LogP contribution in [0.25, 0.3) is 0 Å². The third kappa shape index (κ3) is 4.21. The summed E-state index contributed by atoms with van der Waals surface area (Å²) in [5.74, 6) is -0.206. The van der Waals surface area contributed by atoms with Crippen LogP contribution in [0.5, 0.6) is 0 Å². The zero-order chi connectivity index (χ0) is 20.4. The fraction of sp³-hybridized carbons (Fsp3) is 0.381. The molecule has 2 aromatic carbocycles. The van der Waals surface area contributed by atoms with Gasteiger partial charge in [0.05, 0.1) is 18.1 Å². The number of nitrogens with zero attached hydrogens (tertiary/aromatic N) is 2. The molecule has 152 valence electrons. The van der Waals surface area contributed by atoms with Gasteiger partial charge in [-0.2, -0.15) is 0 Å². The zero-order valence-corrected chi connectivity index (χ0v) is 16.7. The van der Waals surface area contributed by atoms with Crippen LogP contribution >= 0.6 is 11.6 Å². The van der Waals surface area contributed by atoms with Gasteiger partial charge in [-0.3, -0.25) is 14.9 Å². The lowest BCUT2D eigenvalue weighted by Crippen LogP contribution is -2.40. The van der Waals surface area contributed by atoms with Crippen molar-refractivity contribution in [1.82, 2.24) is 4.90 Å². The van der Waals surface area contributed by atoms with E-state index in [9.17, 15) is 14.9 Å². The van der Waals surface area contributed by atoms with Gasteiger partial charge in [-0.05, 0) is 42.7 Å². The molecule has 29 heavy (non-hydrogen) atoms. The number of hydrogen-bond donors (Lipinski definition) is 1. The largest absolute Gasteiger partial charge is 0.379 e. The second-order valence-corrected chi connectivity index (χ2v) is 7.97. The number of carbonyl (C=O) groups is 1. The Bertz CT molecular complexity index is 922. The van der Waals surface area contributed by atoms with Gasteiger partial charge in [-0.15, -0.1) is 0 Å². The van der Waals surface area contributed by atoms with Gasteiger partial charge < -0.3 is 15.0 Å². The third-order valence-corrected chi connectivity index (χ3v) is 5.92. The Morgan fingerprint density at radius 1 is 1.17 bits per heavy atom. The van der Waals surface area contributed by atoms with Crippen LogP contribution in [0.15, 0.2) is 42.5 Å². The molecule has 1 N–H and O–H groups in total. The highest BCUT2D eigenvalue weighted by Crippen LogP contribution is 2.48. The highest BCUT2D eigenvalue weighted by atomic mass is 35.5.